The molecule has 1 aliphatic rings. The minimum absolute atomic E-state index is 0.192. The van der Waals surface area contributed by atoms with Crippen molar-refractivity contribution in [2.75, 3.05) is 18.4 Å². The zero-order valence-corrected chi connectivity index (χ0v) is 18.6. The number of nitrogens with zero attached hydrogens (tertiary/aromatic N) is 2. The van der Waals surface area contributed by atoms with E-state index < -0.39 is 15.3 Å². The Bertz CT molecular complexity index is 944. The zero-order valence-electron chi connectivity index (χ0n) is 16.2. The van der Waals surface area contributed by atoms with Crippen molar-refractivity contribution in [2.24, 2.45) is 0 Å². The zero-order chi connectivity index (χ0) is 20.9. The van der Waals surface area contributed by atoms with Crippen molar-refractivity contribution in [1.29, 1.82) is 0 Å². The van der Waals surface area contributed by atoms with Gasteiger partial charge in [-0.3, -0.25) is 4.79 Å². The van der Waals surface area contributed by atoms with Gasteiger partial charge in [0.15, 0.2) is 0 Å². The third-order valence-electron chi connectivity index (χ3n) is 4.71. The van der Waals surface area contributed by atoms with Gasteiger partial charge in [0.05, 0.1) is 21.0 Å². The van der Waals surface area contributed by atoms with Crippen molar-refractivity contribution in [2.45, 2.75) is 47.8 Å². The van der Waals surface area contributed by atoms with Crippen LogP contribution in [0.25, 0.3) is 0 Å². The second-order valence-electron chi connectivity index (χ2n) is 6.88. The van der Waals surface area contributed by atoms with Crippen LogP contribution in [0.3, 0.4) is 0 Å². The molecule has 1 N–H and O–H groups in total. The molecule has 0 radical (unpaired) electrons. The van der Waals surface area contributed by atoms with Crippen molar-refractivity contribution < 1.29 is 13.2 Å². The first-order chi connectivity index (χ1) is 13.9. The van der Waals surface area contributed by atoms with Crippen LogP contribution in [0.2, 0.25) is 5.02 Å². The summed E-state index contributed by atoms with van der Waals surface area (Å²) in [6, 6.07) is 10.2. The maximum Gasteiger partial charge on any atom is 0.244 e. The Kier molecular flexibility index (Phi) is 7.56. The van der Waals surface area contributed by atoms with Crippen LogP contribution in [0.5, 0.6) is 0 Å². The second-order valence-corrected chi connectivity index (χ2v) is 10.6. The number of halogens is 1. The lowest BCUT2D eigenvalue weighted by Gasteiger charge is -2.19. The fraction of sp³-hybridized carbons (Fsp3) is 0.400. The normalized spacial score (nSPS) is 16.8. The van der Waals surface area contributed by atoms with Gasteiger partial charge >= 0.3 is 0 Å². The molecule has 1 aromatic heterocycles. The van der Waals surface area contributed by atoms with Gasteiger partial charge in [-0.2, -0.15) is 4.31 Å². The van der Waals surface area contributed by atoms with Crippen LogP contribution in [-0.2, 0) is 14.8 Å². The van der Waals surface area contributed by atoms with Crippen LogP contribution in [0.1, 0.15) is 32.6 Å². The lowest BCUT2D eigenvalue weighted by atomic mass is 10.2. The number of thioether (sulfide) groups is 1. The third kappa shape index (κ3) is 5.72. The summed E-state index contributed by atoms with van der Waals surface area (Å²) in [4.78, 5) is 16.9. The third-order valence-corrected chi connectivity index (χ3v) is 7.97. The van der Waals surface area contributed by atoms with Crippen LogP contribution >= 0.6 is 23.4 Å². The smallest absolute Gasteiger partial charge is 0.244 e. The number of pyridine rings is 1. The van der Waals surface area contributed by atoms with Gasteiger partial charge in [-0.15, -0.1) is 0 Å². The molecule has 1 fully saturated rings. The molecule has 0 aliphatic carbocycles. The van der Waals surface area contributed by atoms with E-state index in [1.54, 1.807) is 47.6 Å². The summed E-state index contributed by atoms with van der Waals surface area (Å²) in [5.41, 5.74) is 0.554. The van der Waals surface area contributed by atoms with Crippen LogP contribution in [0, 0.1) is 0 Å². The monoisotopic (exact) mass is 453 g/mol. The summed E-state index contributed by atoms with van der Waals surface area (Å²) in [5, 5.41) is 3.42. The van der Waals surface area contributed by atoms with Gasteiger partial charge in [0.25, 0.3) is 0 Å². The van der Waals surface area contributed by atoms with Gasteiger partial charge in [-0.05, 0) is 44.0 Å². The van der Waals surface area contributed by atoms with Gasteiger partial charge in [0.1, 0.15) is 4.90 Å². The summed E-state index contributed by atoms with van der Waals surface area (Å²) in [5.74, 6) is -0.203. The number of benzene rings is 1. The van der Waals surface area contributed by atoms with E-state index in [-0.39, 0.29) is 10.8 Å². The van der Waals surface area contributed by atoms with Crippen LogP contribution in [0.4, 0.5) is 5.69 Å². The highest BCUT2D eigenvalue weighted by molar-refractivity contribution is 8.00. The number of sulfonamides is 1. The summed E-state index contributed by atoms with van der Waals surface area (Å²) in [6.07, 6.45) is 5.28. The highest BCUT2D eigenvalue weighted by Gasteiger charge is 2.25. The molecule has 1 atom stereocenters. The summed E-state index contributed by atoms with van der Waals surface area (Å²) in [7, 11) is -3.52. The van der Waals surface area contributed by atoms with Crippen molar-refractivity contribution in [3.63, 3.8) is 0 Å². The van der Waals surface area contributed by atoms with E-state index in [1.807, 2.05) is 0 Å². The van der Waals surface area contributed by atoms with Crippen molar-refractivity contribution in [1.82, 2.24) is 9.29 Å². The molecular formula is C20H24ClN3O3S2. The van der Waals surface area contributed by atoms with E-state index in [2.05, 4.69) is 10.3 Å². The number of nitrogens with one attached hydrogen (secondary N) is 1. The maximum atomic E-state index is 12.8. The number of aromatic nitrogens is 1. The quantitative estimate of drug-likeness (QED) is 0.655. The minimum atomic E-state index is -3.52. The number of para-hydroxylation sites is 1. The van der Waals surface area contributed by atoms with Crippen LogP contribution in [0.15, 0.2) is 52.5 Å². The molecule has 2 aromatic rings. The Balaban J connectivity index is 1.63. The first-order valence-electron chi connectivity index (χ1n) is 9.56. The predicted octanol–water partition coefficient (Wildman–Crippen LogP) is 4.42. The van der Waals surface area contributed by atoms with E-state index in [0.717, 1.165) is 25.7 Å². The Hall–Kier alpha value is -1.61. The first kappa shape index (κ1) is 22.1. The average molecular weight is 454 g/mol. The van der Waals surface area contributed by atoms with E-state index in [0.29, 0.717) is 28.8 Å². The Labute approximate surface area is 181 Å². The highest BCUT2D eigenvalue weighted by atomic mass is 35.5. The largest absolute Gasteiger partial charge is 0.324 e. The molecule has 156 valence electrons. The Morgan fingerprint density at radius 2 is 1.83 bits per heavy atom. The number of hydrogen-bond acceptors (Lipinski definition) is 5. The molecule has 1 aliphatic heterocycles. The molecule has 0 saturated carbocycles. The molecule has 1 aromatic carbocycles. The van der Waals surface area contributed by atoms with Gasteiger partial charge in [-0.25, -0.2) is 13.4 Å². The average Bonchev–Trinajstić information content (AvgIpc) is 3.00. The minimum Gasteiger partial charge on any atom is -0.324 e. The fourth-order valence-corrected chi connectivity index (χ4v) is 5.49. The van der Waals surface area contributed by atoms with Gasteiger partial charge < -0.3 is 5.32 Å². The Morgan fingerprint density at radius 3 is 2.45 bits per heavy atom. The molecular weight excluding hydrogens is 430 g/mol. The van der Waals surface area contributed by atoms with E-state index >= 15 is 0 Å². The van der Waals surface area contributed by atoms with E-state index in [1.165, 1.54) is 18.0 Å². The number of hydrogen-bond donors (Lipinski definition) is 1. The molecule has 29 heavy (non-hydrogen) atoms. The predicted molar refractivity (Wildman–Crippen MR) is 117 cm³/mol. The summed E-state index contributed by atoms with van der Waals surface area (Å²) >= 11 is 7.33. The van der Waals surface area contributed by atoms with Crippen LogP contribution < -0.4 is 5.32 Å². The number of carbonyl (C=O) groups is 1. The highest BCUT2D eigenvalue weighted by Crippen LogP contribution is 2.26. The summed E-state index contributed by atoms with van der Waals surface area (Å²) < 4.78 is 27.2. The molecule has 0 bridgehead atoms. The van der Waals surface area contributed by atoms with Gasteiger partial charge in [0, 0.05) is 19.3 Å². The lowest BCUT2D eigenvalue weighted by Crippen LogP contribution is -2.32. The second kappa shape index (κ2) is 9.93. The van der Waals surface area contributed by atoms with Crippen molar-refractivity contribution in [3.05, 3.63) is 47.6 Å². The molecule has 1 saturated heterocycles. The molecule has 1 unspecified atom stereocenters. The number of carbonyl (C=O) groups excluding carboxylic acids is 1. The molecule has 0 spiro atoms. The Morgan fingerprint density at radius 1 is 1.14 bits per heavy atom. The SMILES string of the molecule is CC(Sc1ccc(S(=O)(=O)N2CCCCCC2)cn1)C(=O)Nc1ccccc1Cl. The number of amides is 1. The first-order valence-corrected chi connectivity index (χ1v) is 12.3. The van der Waals surface area contributed by atoms with E-state index in [9.17, 15) is 13.2 Å². The molecule has 1 amide bonds. The van der Waals surface area contributed by atoms with Crippen molar-refractivity contribution >= 4 is 45.0 Å². The van der Waals surface area contributed by atoms with Gasteiger partial charge in [0.2, 0.25) is 15.9 Å². The molecule has 3 rings (SSSR count). The van der Waals surface area contributed by atoms with Crippen molar-refractivity contribution in [3.8, 4) is 0 Å². The molecule has 2 heterocycles. The molecule has 6 nitrogen and oxygen atoms in total. The van der Waals surface area contributed by atoms with Crippen LogP contribution in [-0.4, -0.2) is 42.0 Å². The fourth-order valence-electron chi connectivity index (χ4n) is 3.05. The molecule has 9 heteroatoms. The topological polar surface area (TPSA) is 79.4 Å². The van der Waals surface area contributed by atoms with Gasteiger partial charge in [-0.1, -0.05) is 48.3 Å². The lowest BCUT2D eigenvalue weighted by molar-refractivity contribution is -0.115. The number of anilines is 1. The standard InChI is InChI=1S/C20H24ClN3O3S2/c1-15(20(25)23-18-9-5-4-8-17(18)21)28-19-11-10-16(14-22-19)29(26,27)24-12-6-2-3-7-13-24/h4-5,8-11,14-15H,2-3,6-7,12-13H2,1H3,(H,23,25). The summed E-state index contributed by atoms with van der Waals surface area (Å²) in [6.45, 7) is 2.87. The van der Waals surface area contributed by atoms with E-state index in [4.69, 9.17) is 11.6 Å². The number of rotatable bonds is 6. The maximum absolute atomic E-state index is 12.8.